The fourth-order valence-corrected chi connectivity index (χ4v) is 4.03. The zero-order valence-electron chi connectivity index (χ0n) is 15.2. The highest BCUT2D eigenvalue weighted by molar-refractivity contribution is 6.05. The van der Waals surface area contributed by atoms with Crippen LogP contribution in [0.15, 0.2) is 18.2 Å². The average Bonchev–Trinajstić information content (AvgIpc) is 3.20. The van der Waals surface area contributed by atoms with E-state index in [-0.39, 0.29) is 30.3 Å². The number of hydrogen-bond donors (Lipinski definition) is 2. The average molecular weight is 373 g/mol. The Morgan fingerprint density at radius 1 is 1.22 bits per heavy atom. The third kappa shape index (κ3) is 3.42. The summed E-state index contributed by atoms with van der Waals surface area (Å²) < 4.78 is 11.4. The monoisotopic (exact) mass is 373 g/mol. The van der Waals surface area contributed by atoms with Gasteiger partial charge in [0, 0.05) is 44.6 Å². The highest BCUT2D eigenvalue weighted by atomic mass is 16.5. The first-order chi connectivity index (χ1) is 13.1. The summed E-state index contributed by atoms with van der Waals surface area (Å²) in [4.78, 5) is 37.7. The van der Waals surface area contributed by atoms with E-state index in [9.17, 15) is 14.4 Å². The third-order valence-electron chi connectivity index (χ3n) is 5.44. The summed E-state index contributed by atoms with van der Waals surface area (Å²) in [6.45, 7) is 2.59. The summed E-state index contributed by atoms with van der Waals surface area (Å²) in [7, 11) is 1.68. The third-order valence-corrected chi connectivity index (χ3v) is 5.44. The smallest absolute Gasteiger partial charge is 0.255 e. The summed E-state index contributed by atoms with van der Waals surface area (Å²) in [6.07, 6.45) is 0.632. The van der Waals surface area contributed by atoms with Gasteiger partial charge in [-0.05, 0) is 30.2 Å². The molecule has 3 aliphatic rings. The number of piperidine rings is 1. The van der Waals surface area contributed by atoms with Crippen LogP contribution in [-0.2, 0) is 20.9 Å². The van der Waals surface area contributed by atoms with Gasteiger partial charge in [0.15, 0.2) is 0 Å². The van der Waals surface area contributed by atoms with E-state index in [0.717, 1.165) is 18.7 Å². The number of carbonyl (C=O) groups excluding carboxylic acids is 3. The molecule has 0 aliphatic carbocycles. The van der Waals surface area contributed by atoms with Crippen LogP contribution in [0.5, 0.6) is 5.75 Å². The molecule has 144 valence electrons. The van der Waals surface area contributed by atoms with E-state index in [0.29, 0.717) is 30.9 Å². The molecular weight excluding hydrogens is 350 g/mol. The minimum absolute atomic E-state index is 0.0198. The lowest BCUT2D eigenvalue weighted by molar-refractivity contribution is -0.136. The maximum Gasteiger partial charge on any atom is 0.255 e. The normalized spacial score (nSPS) is 27.7. The van der Waals surface area contributed by atoms with Crippen molar-refractivity contribution in [2.45, 2.75) is 31.5 Å². The summed E-state index contributed by atoms with van der Waals surface area (Å²) in [6, 6.07) is 4.83. The molecule has 0 saturated carbocycles. The van der Waals surface area contributed by atoms with Crippen molar-refractivity contribution >= 4 is 17.7 Å². The maximum absolute atomic E-state index is 12.7. The number of ether oxygens (including phenoxy) is 2. The molecule has 8 nitrogen and oxygen atoms in total. The lowest BCUT2D eigenvalue weighted by atomic mass is 10.0. The van der Waals surface area contributed by atoms with Crippen LogP contribution in [0.2, 0.25) is 0 Å². The predicted octanol–water partition coefficient (Wildman–Crippen LogP) is 0.0608. The molecule has 2 saturated heterocycles. The van der Waals surface area contributed by atoms with Crippen LogP contribution in [0.3, 0.4) is 0 Å². The molecule has 4 rings (SSSR count). The molecule has 0 spiro atoms. The van der Waals surface area contributed by atoms with Crippen molar-refractivity contribution in [2.24, 2.45) is 5.92 Å². The minimum Gasteiger partial charge on any atom is -0.489 e. The van der Waals surface area contributed by atoms with Crippen LogP contribution in [0.1, 0.15) is 28.8 Å². The van der Waals surface area contributed by atoms with Crippen molar-refractivity contribution in [3.63, 3.8) is 0 Å². The molecule has 0 aromatic heterocycles. The number of carbonyl (C=O) groups is 3. The standard InChI is InChI=1S/C19H23N3O5/c1-26-10-12-7-20-8-16(12)27-13-2-3-14-11(6-13)9-22(19(14)25)15-4-5-17(23)21-18(15)24/h2-3,6,12,15-16,20H,4-5,7-10H2,1H3,(H,21,23,24)/t12-,15-,16+/m0/s1. The van der Waals surface area contributed by atoms with E-state index in [1.807, 2.05) is 6.07 Å². The fraction of sp³-hybridized carbons (Fsp3) is 0.526. The number of fused-ring (bicyclic) bond motifs is 1. The largest absolute Gasteiger partial charge is 0.489 e. The number of amides is 3. The van der Waals surface area contributed by atoms with Gasteiger partial charge >= 0.3 is 0 Å². The molecule has 2 N–H and O–H groups in total. The Kier molecular flexibility index (Phi) is 4.84. The van der Waals surface area contributed by atoms with Gasteiger partial charge in [0.1, 0.15) is 17.9 Å². The number of rotatable bonds is 5. The molecule has 0 bridgehead atoms. The van der Waals surface area contributed by atoms with Crippen LogP contribution >= 0.6 is 0 Å². The number of hydrogen-bond acceptors (Lipinski definition) is 6. The first-order valence-electron chi connectivity index (χ1n) is 9.20. The molecule has 3 aliphatic heterocycles. The number of imide groups is 1. The van der Waals surface area contributed by atoms with Gasteiger partial charge in [0.05, 0.1) is 6.61 Å². The predicted molar refractivity (Wildman–Crippen MR) is 95.1 cm³/mol. The second-order valence-corrected chi connectivity index (χ2v) is 7.25. The molecule has 27 heavy (non-hydrogen) atoms. The van der Waals surface area contributed by atoms with Crippen molar-refractivity contribution < 1.29 is 23.9 Å². The molecule has 0 radical (unpaired) electrons. The van der Waals surface area contributed by atoms with Gasteiger partial charge in [-0.15, -0.1) is 0 Å². The zero-order chi connectivity index (χ0) is 19.0. The number of methoxy groups -OCH3 is 1. The van der Waals surface area contributed by atoms with Crippen LogP contribution in [0.25, 0.3) is 0 Å². The molecule has 8 heteroatoms. The van der Waals surface area contributed by atoms with Gasteiger partial charge in [-0.1, -0.05) is 0 Å². The molecule has 3 amide bonds. The summed E-state index contributed by atoms with van der Waals surface area (Å²) in [5.74, 6) is 0.132. The molecule has 2 fully saturated rings. The van der Waals surface area contributed by atoms with E-state index in [2.05, 4.69) is 10.6 Å². The Labute approximate surface area is 157 Å². The Morgan fingerprint density at radius 2 is 2.07 bits per heavy atom. The van der Waals surface area contributed by atoms with Crippen molar-refractivity contribution in [1.29, 1.82) is 0 Å². The van der Waals surface area contributed by atoms with Crippen molar-refractivity contribution in [3.8, 4) is 5.75 Å². The van der Waals surface area contributed by atoms with Crippen molar-refractivity contribution in [2.75, 3.05) is 26.8 Å². The first-order valence-corrected chi connectivity index (χ1v) is 9.20. The molecule has 3 heterocycles. The minimum atomic E-state index is -0.600. The summed E-state index contributed by atoms with van der Waals surface area (Å²) in [5.41, 5.74) is 1.43. The lowest BCUT2D eigenvalue weighted by Gasteiger charge is -2.29. The van der Waals surface area contributed by atoms with Crippen LogP contribution in [-0.4, -0.2) is 61.6 Å². The van der Waals surface area contributed by atoms with Gasteiger partial charge < -0.3 is 19.7 Å². The highest BCUT2D eigenvalue weighted by Gasteiger charge is 2.39. The van der Waals surface area contributed by atoms with Crippen LogP contribution < -0.4 is 15.4 Å². The van der Waals surface area contributed by atoms with E-state index in [4.69, 9.17) is 9.47 Å². The van der Waals surface area contributed by atoms with Crippen LogP contribution in [0.4, 0.5) is 0 Å². The second kappa shape index (κ2) is 7.28. The summed E-state index contributed by atoms with van der Waals surface area (Å²) >= 11 is 0. The molecule has 1 aromatic carbocycles. The zero-order valence-corrected chi connectivity index (χ0v) is 15.2. The van der Waals surface area contributed by atoms with Crippen molar-refractivity contribution in [1.82, 2.24) is 15.5 Å². The molecule has 1 aromatic rings. The first kappa shape index (κ1) is 17.9. The van der Waals surface area contributed by atoms with Crippen molar-refractivity contribution in [3.05, 3.63) is 29.3 Å². The van der Waals surface area contributed by atoms with E-state index in [1.54, 1.807) is 24.1 Å². The lowest BCUT2D eigenvalue weighted by Crippen LogP contribution is -2.52. The topological polar surface area (TPSA) is 97.0 Å². The second-order valence-electron chi connectivity index (χ2n) is 7.25. The highest BCUT2D eigenvalue weighted by Crippen LogP contribution is 2.31. The molecule has 0 unspecified atom stereocenters. The SMILES string of the molecule is COC[C@@H]1CNC[C@H]1Oc1ccc2c(c1)CN([C@H]1CCC(=O)NC1=O)C2=O. The molecular formula is C19H23N3O5. The number of nitrogens with one attached hydrogen (secondary N) is 2. The van der Waals surface area contributed by atoms with Gasteiger partial charge in [-0.2, -0.15) is 0 Å². The van der Waals surface area contributed by atoms with E-state index < -0.39 is 11.9 Å². The molecule has 3 atom stereocenters. The van der Waals surface area contributed by atoms with Crippen LogP contribution in [0, 0.1) is 5.92 Å². The summed E-state index contributed by atoms with van der Waals surface area (Å²) in [5, 5.41) is 5.62. The Balaban J connectivity index is 1.48. The Hall–Kier alpha value is -2.45. The van der Waals surface area contributed by atoms with E-state index in [1.165, 1.54) is 0 Å². The fourth-order valence-electron chi connectivity index (χ4n) is 4.03. The Morgan fingerprint density at radius 3 is 2.85 bits per heavy atom. The number of benzene rings is 1. The van der Waals surface area contributed by atoms with Gasteiger partial charge in [-0.25, -0.2) is 0 Å². The van der Waals surface area contributed by atoms with Gasteiger partial charge in [0.2, 0.25) is 11.8 Å². The Bertz CT molecular complexity index is 781. The maximum atomic E-state index is 12.7. The quantitative estimate of drug-likeness (QED) is 0.709. The number of nitrogens with zero attached hydrogens (tertiary/aromatic N) is 1. The van der Waals surface area contributed by atoms with E-state index >= 15 is 0 Å². The van der Waals surface area contributed by atoms with Gasteiger partial charge in [0.25, 0.3) is 5.91 Å². The van der Waals surface area contributed by atoms with Gasteiger partial charge in [-0.3, -0.25) is 19.7 Å².